The number of aliphatic hydroxyl groups excluding tert-OH is 1. The summed E-state index contributed by atoms with van der Waals surface area (Å²) in [6.07, 6.45) is -0.699. The topological polar surface area (TPSA) is 40.5 Å². The van der Waals surface area contributed by atoms with Crippen LogP contribution in [-0.2, 0) is 0 Å². The maximum Gasteiger partial charge on any atom is 0.151 e. The van der Waals surface area contributed by atoms with E-state index < -0.39 is 6.29 Å². The minimum absolute atomic E-state index is 0. The van der Waals surface area contributed by atoms with Crippen LogP contribution in [0.25, 0.3) is 0 Å². The van der Waals surface area contributed by atoms with Gasteiger partial charge in [0.05, 0.1) is 8.41 Å². The Morgan fingerprint density at radius 3 is 1.67 bits per heavy atom. The molecule has 0 saturated heterocycles. The van der Waals surface area contributed by atoms with Crippen LogP contribution in [0.5, 0.6) is 0 Å². The summed E-state index contributed by atoms with van der Waals surface area (Å²) in [4.78, 5) is 0. The van der Waals surface area contributed by atoms with Crippen molar-refractivity contribution in [3.05, 3.63) is 0 Å². The highest BCUT2D eigenvalue weighted by atomic mass is 16.5. The second kappa shape index (κ2) is 4.98. The number of hydrogen-bond donors (Lipinski definition) is 2. The van der Waals surface area contributed by atoms with Crippen LogP contribution in [0.2, 0.25) is 0 Å². The maximum absolute atomic E-state index is 7.92. The molecule has 0 aliphatic heterocycles. The third-order valence-electron chi connectivity index (χ3n) is 0.365. The summed E-state index contributed by atoms with van der Waals surface area (Å²) in [5.41, 5.74) is 0. The standard InChI is InChI=1S/C3H8O2.BH3/c1-2-3(4)5;/h3-5H,2H2,1H3;1H3. The zero-order valence-corrected chi connectivity index (χ0v) is 3.18. The van der Waals surface area contributed by atoms with E-state index in [1.54, 1.807) is 6.92 Å². The van der Waals surface area contributed by atoms with E-state index >= 15 is 0 Å². The highest BCUT2D eigenvalue weighted by Gasteiger charge is 1.83. The average molecular weight is 89.9 g/mol. The van der Waals surface area contributed by atoms with Crippen molar-refractivity contribution in [2.24, 2.45) is 0 Å². The monoisotopic (exact) mass is 90.1 g/mol. The van der Waals surface area contributed by atoms with Gasteiger partial charge < -0.3 is 10.2 Å². The summed E-state index contributed by atoms with van der Waals surface area (Å²) < 4.78 is 0. The highest BCUT2D eigenvalue weighted by molar-refractivity contribution is 5.75. The Kier molecular flexibility index (Phi) is 7.78. The first-order chi connectivity index (χ1) is 2.27. The van der Waals surface area contributed by atoms with Crippen molar-refractivity contribution in [1.29, 1.82) is 0 Å². The molecular weight excluding hydrogens is 78.8 g/mol. The largest absolute Gasteiger partial charge is 0.368 e. The molecule has 0 unspecified atom stereocenters. The summed E-state index contributed by atoms with van der Waals surface area (Å²) in [5, 5.41) is 15.8. The minimum Gasteiger partial charge on any atom is -0.368 e. The molecule has 0 aliphatic carbocycles. The summed E-state index contributed by atoms with van der Waals surface area (Å²) in [6.45, 7) is 1.70. The molecule has 2 N–H and O–H groups in total. The van der Waals surface area contributed by atoms with Gasteiger partial charge in [-0.15, -0.1) is 0 Å². The molecule has 6 heavy (non-hydrogen) atoms. The van der Waals surface area contributed by atoms with E-state index in [4.69, 9.17) is 10.2 Å². The van der Waals surface area contributed by atoms with Gasteiger partial charge in [0.2, 0.25) is 0 Å². The lowest BCUT2D eigenvalue weighted by atomic mass is 10.5. The van der Waals surface area contributed by atoms with Crippen LogP contribution in [-0.4, -0.2) is 24.9 Å². The zero-order chi connectivity index (χ0) is 4.28. The van der Waals surface area contributed by atoms with Crippen molar-refractivity contribution in [3.8, 4) is 0 Å². The van der Waals surface area contributed by atoms with Crippen LogP contribution in [0.1, 0.15) is 13.3 Å². The van der Waals surface area contributed by atoms with Gasteiger partial charge in [-0.25, -0.2) is 0 Å². The van der Waals surface area contributed by atoms with Gasteiger partial charge in [-0.05, 0) is 6.42 Å². The Labute approximate surface area is 39.4 Å². The third-order valence-corrected chi connectivity index (χ3v) is 0.365. The Morgan fingerprint density at radius 2 is 1.67 bits per heavy atom. The Bertz CT molecular complexity index is 22.8. The number of hydrogen-bond acceptors (Lipinski definition) is 2. The quantitative estimate of drug-likeness (QED) is 0.304. The van der Waals surface area contributed by atoms with E-state index in [2.05, 4.69) is 0 Å². The second-order valence-electron chi connectivity index (χ2n) is 0.889. The van der Waals surface area contributed by atoms with Gasteiger partial charge in [0.25, 0.3) is 0 Å². The van der Waals surface area contributed by atoms with Gasteiger partial charge in [-0.1, -0.05) is 6.92 Å². The molecule has 0 atom stereocenters. The van der Waals surface area contributed by atoms with Crippen molar-refractivity contribution in [3.63, 3.8) is 0 Å². The molecule has 0 heterocycles. The molecule has 0 fully saturated rings. The van der Waals surface area contributed by atoms with E-state index in [1.165, 1.54) is 0 Å². The van der Waals surface area contributed by atoms with Crippen LogP contribution in [0, 0.1) is 0 Å². The predicted octanol–water partition coefficient (Wildman–Crippen LogP) is -1.48. The fourth-order valence-electron chi connectivity index (χ4n) is 0. The Morgan fingerprint density at radius 1 is 1.50 bits per heavy atom. The summed E-state index contributed by atoms with van der Waals surface area (Å²) >= 11 is 0. The van der Waals surface area contributed by atoms with Gasteiger partial charge in [-0.3, -0.25) is 0 Å². The van der Waals surface area contributed by atoms with Crippen LogP contribution in [0.4, 0.5) is 0 Å². The normalized spacial score (nSPS) is 8.00. The molecule has 0 rings (SSSR count). The van der Waals surface area contributed by atoms with Gasteiger partial charge in [0, 0.05) is 0 Å². The third kappa shape index (κ3) is 9.01. The number of rotatable bonds is 1. The second-order valence-corrected chi connectivity index (χ2v) is 0.889. The predicted molar refractivity (Wildman–Crippen MR) is 28.5 cm³/mol. The molecule has 0 amide bonds. The van der Waals surface area contributed by atoms with E-state index in [1.807, 2.05) is 0 Å². The molecule has 38 valence electrons. The molecule has 0 aromatic rings. The molecule has 0 aliphatic rings. The number of aliphatic hydroxyl groups is 2. The van der Waals surface area contributed by atoms with E-state index in [9.17, 15) is 0 Å². The Hall–Kier alpha value is -0.0151. The fourth-order valence-corrected chi connectivity index (χ4v) is 0. The first-order valence-electron chi connectivity index (χ1n) is 1.63. The van der Waals surface area contributed by atoms with Gasteiger partial charge in [0.15, 0.2) is 6.29 Å². The lowest BCUT2D eigenvalue weighted by molar-refractivity contribution is -0.0413. The minimum atomic E-state index is -1.12. The summed E-state index contributed by atoms with van der Waals surface area (Å²) in [7, 11) is 0. The van der Waals surface area contributed by atoms with E-state index in [0.717, 1.165) is 0 Å². The van der Waals surface area contributed by atoms with Crippen LogP contribution >= 0.6 is 0 Å². The first kappa shape index (κ1) is 9.37. The Balaban J connectivity index is 0. The van der Waals surface area contributed by atoms with E-state index in [-0.39, 0.29) is 8.41 Å². The van der Waals surface area contributed by atoms with Crippen molar-refractivity contribution in [2.45, 2.75) is 19.6 Å². The molecule has 0 bridgehead atoms. The molecule has 3 heteroatoms. The van der Waals surface area contributed by atoms with Crippen LogP contribution in [0.3, 0.4) is 0 Å². The lowest BCUT2D eigenvalue weighted by Gasteiger charge is -1.90. The van der Waals surface area contributed by atoms with Crippen LogP contribution in [0.15, 0.2) is 0 Å². The molecule has 0 saturated carbocycles. The molecule has 0 radical (unpaired) electrons. The van der Waals surface area contributed by atoms with Crippen molar-refractivity contribution >= 4 is 8.41 Å². The SMILES string of the molecule is B.CCC(O)O. The average Bonchev–Trinajstić information content (AvgIpc) is 1.38. The first-order valence-corrected chi connectivity index (χ1v) is 1.63. The molecule has 0 aromatic carbocycles. The smallest absolute Gasteiger partial charge is 0.151 e. The molecule has 0 spiro atoms. The zero-order valence-electron chi connectivity index (χ0n) is 3.18. The maximum atomic E-state index is 7.92. The highest BCUT2D eigenvalue weighted by Crippen LogP contribution is 1.77. The van der Waals surface area contributed by atoms with Gasteiger partial charge in [0.1, 0.15) is 0 Å². The van der Waals surface area contributed by atoms with Gasteiger partial charge in [-0.2, -0.15) is 0 Å². The van der Waals surface area contributed by atoms with Crippen molar-refractivity contribution < 1.29 is 10.2 Å². The van der Waals surface area contributed by atoms with Crippen molar-refractivity contribution in [2.75, 3.05) is 0 Å². The van der Waals surface area contributed by atoms with Crippen molar-refractivity contribution in [1.82, 2.24) is 0 Å². The van der Waals surface area contributed by atoms with E-state index in [0.29, 0.717) is 6.42 Å². The molecular formula is C3H11BO2. The lowest BCUT2D eigenvalue weighted by Crippen LogP contribution is -1.99. The van der Waals surface area contributed by atoms with Gasteiger partial charge >= 0.3 is 0 Å². The molecule has 2 nitrogen and oxygen atoms in total. The summed E-state index contributed by atoms with van der Waals surface area (Å²) in [6, 6.07) is 0. The fraction of sp³-hybridized carbons (Fsp3) is 1.00. The molecule has 0 aromatic heterocycles. The van der Waals surface area contributed by atoms with Crippen LogP contribution < -0.4 is 0 Å². The summed E-state index contributed by atoms with van der Waals surface area (Å²) in [5.74, 6) is 0.